The number of benzene rings is 1. The second kappa shape index (κ2) is 5.81. The van der Waals surface area contributed by atoms with Crippen LogP contribution in [0.2, 0.25) is 0 Å². The van der Waals surface area contributed by atoms with E-state index in [1.54, 1.807) is 13.2 Å². The second-order valence-electron chi connectivity index (χ2n) is 5.28. The molecule has 1 aromatic carbocycles. The maximum atomic E-state index is 14.0. The van der Waals surface area contributed by atoms with E-state index in [-0.39, 0.29) is 11.2 Å². The molecular weight excluding hydrogens is 229 g/mol. The summed E-state index contributed by atoms with van der Waals surface area (Å²) < 4.78 is 19.0. The fourth-order valence-electron chi connectivity index (χ4n) is 2.99. The van der Waals surface area contributed by atoms with Crippen LogP contribution in [-0.2, 0) is 16.8 Å². The fourth-order valence-corrected chi connectivity index (χ4v) is 2.99. The summed E-state index contributed by atoms with van der Waals surface area (Å²) in [7, 11) is 1.58. The van der Waals surface area contributed by atoms with Gasteiger partial charge in [-0.15, -0.1) is 0 Å². The Kier molecular flexibility index (Phi) is 4.36. The van der Waals surface area contributed by atoms with Crippen molar-refractivity contribution < 1.29 is 9.13 Å². The molecule has 0 amide bonds. The lowest BCUT2D eigenvalue weighted by molar-refractivity contribution is 0.181. The van der Waals surface area contributed by atoms with Gasteiger partial charge in [0.2, 0.25) is 0 Å². The lowest BCUT2D eigenvalue weighted by Gasteiger charge is -2.37. The summed E-state index contributed by atoms with van der Waals surface area (Å²) in [5.74, 6) is -0.173. The SMILES string of the molecule is COCc1ccc(C2(CN)CCCCC2)cc1F. The van der Waals surface area contributed by atoms with Crippen molar-refractivity contribution in [2.75, 3.05) is 13.7 Å². The molecule has 0 spiro atoms. The number of halogens is 1. The number of hydrogen-bond donors (Lipinski definition) is 1. The minimum absolute atomic E-state index is 0.00923. The van der Waals surface area contributed by atoms with Gasteiger partial charge >= 0.3 is 0 Å². The van der Waals surface area contributed by atoms with Gasteiger partial charge in [-0.3, -0.25) is 0 Å². The molecule has 0 heterocycles. The molecule has 2 N–H and O–H groups in total. The van der Waals surface area contributed by atoms with Crippen molar-refractivity contribution in [3.8, 4) is 0 Å². The summed E-state index contributed by atoms with van der Waals surface area (Å²) in [5.41, 5.74) is 7.63. The maximum Gasteiger partial charge on any atom is 0.129 e. The quantitative estimate of drug-likeness (QED) is 0.892. The molecule has 0 atom stereocenters. The summed E-state index contributed by atoms with van der Waals surface area (Å²) in [6.45, 7) is 0.928. The third-order valence-corrected chi connectivity index (χ3v) is 4.17. The van der Waals surface area contributed by atoms with Crippen molar-refractivity contribution in [1.82, 2.24) is 0 Å². The van der Waals surface area contributed by atoms with E-state index in [4.69, 9.17) is 10.5 Å². The van der Waals surface area contributed by atoms with Crippen LogP contribution < -0.4 is 5.73 Å². The van der Waals surface area contributed by atoms with Gasteiger partial charge in [-0.1, -0.05) is 31.4 Å². The van der Waals surface area contributed by atoms with Crippen LogP contribution in [0.4, 0.5) is 4.39 Å². The normalized spacial score (nSPS) is 18.8. The number of hydrogen-bond acceptors (Lipinski definition) is 2. The fraction of sp³-hybridized carbons (Fsp3) is 0.600. The number of nitrogens with two attached hydrogens (primary N) is 1. The van der Waals surface area contributed by atoms with Gasteiger partial charge in [0.15, 0.2) is 0 Å². The van der Waals surface area contributed by atoms with Gasteiger partial charge in [-0.25, -0.2) is 4.39 Å². The molecule has 1 fully saturated rings. The number of methoxy groups -OCH3 is 1. The molecule has 1 saturated carbocycles. The Morgan fingerprint density at radius 3 is 2.56 bits per heavy atom. The first-order valence-corrected chi connectivity index (χ1v) is 6.70. The molecular formula is C15H22FNO. The molecule has 0 aromatic heterocycles. The Hall–Kier alpha value is -0.930. The third kappa shape index (κ3) is 2.57. The standard InChI is InChI=1S/C15H22FNO/c1-18-10-12-5-6-13(9-14(12)16)15(11-17)7-3-2-4-8-15/h5-6,9H,2-4,7-8,10-11,17H2,1H3. The highest BCUT2D eigenvalue weighted by Gasteiger charge is 2.32. The van der Waals surface area contributed by atoms with Crippen molar-refractivity contribution in [3.05, 3.63) is 35.1 Å². The van der Waals surface area contributed by atoms with E-state index < -0.39 is 0 Å². The molecule has 3 heteroatoms. The number of ether oxygens (including phenoxy) is 1. The Balaban J connectivity index is 2.28. The highest BCUT2D eigenvalue weighted by Crippen LogP contribution is 2.39. The topological polar surface area (TPSA) is 35.2 Å². The van der Waals surface area contributed by atoms with Crippen LogP contribution in [0.5, 0.6) is 0 Å². The molecule has 1 aromatic rings. The maximum absolute atomic E-state index is 14.0. The van der Waals surface area contributed by atoms with Crippen LogP contribution in [0.15, 0.2) is 18.2 Å². The van der Waals surface area contributed by atoms with Gasteiger partial charge in [0.05, 0.1) is 6.61 Å². The van der Waals surface area contributed by atoms with Gasteiger partial charge in [0.25, 0.3) is 0 Å². The van der Waals surface area contributed by atoms with Crippen molar-refractivity contribution in [2.45, 2.75) is 44.1 Å². The zero-order chi connectivity index (χ0) is 13.0. The van der Waals surface area contributed by atoms with Gasteiger partial charge in [0.1, 0.15) is 5.82 Å². The molecule has 2 rings (SSSR count). The van der Waals surface area contributed by atoms with Crippen LogP contribution >= 0.6 is 0 Å². The smallest absolute Gasteiger partial charge is 0.129 e. The molecule has 18 heavy (non-hydrogen) atoms. The molecule has 0 bridgehead atoms. The second-order valence-corrected chi connectivity index (χ2v) is 5.28. The Bertz CT molecular complexity index is 399. The Morgan fingerprint density at radius 2 is 2.00 bits per heavy atom. The summed E-state index contributed by atoms with van der Waals surface area (Å²) >= 11 is 0. The van der Waals surface area contributed by atoms with Crippen molar-refractivity contribution in [1.29, 1.82) is 0 Å². The highest BCUT2D eigenvalue weighted by molar-refractivity contribution is 5.31. The van der Waals surface area contributed by atoms with Crippen LogP contribution in [0, 0.1) is 5.82 Å². The van der Waals surface area contributed by atoms with E-state index in [9.17, 15) is 4.39 Å². The van der Waals surface area contributed by atoms with Crippen LogP contribution in [-0.4, -0.2) is 13.7 Å². The summed E-state index contributed by atoms with van der Waals surface area (Å²) in [6, 6.07) is 5.52. The van der Waals surface area contributed by atoms with Crippen LogP contribution in [0.25, 0.3) is 0 Å². The van der Waals surface area contributed by atoms with E-state index >= 15 is 0 Å². The van der Waals surface area contributed by atoms with Crippen LogP contribution in [0.3, 0.4) is 0 Å². The van der Waals surface area contributed by atoms with E-state index in [0.717, 1.165) is 18.4 Å². The van der Waals surface area contributed by atoms with Gasteiger partial charge in [-0.2, -0.15) is 0 Å². The predicted molar refractivity (Wildman–Crippen MR) is 70.9 cm³/mol. The van der Waals surface area contributed by atoms with E-state index in [1.807, 2.05) is 12.1 Å². The van der Waals surface area contributed by atoms with E-state index in [0.29, 0.717) is 18.7 Å². The zero-order valence-corrected chi connectivity index (χ0v) is 11.0. The minimum atomic E-state index is -0.173. The first-order valence-electron chi connectivity index (χ1n) is 6.70. The van der Waals surface area contributed by atoms with Crippen molar-refractivity contribution in [2.24, 2.45) is 5.73 Å². The monoisotopic (exact) mass is 251 g/mol. The first kappa shape index (κ1) is 13.5. The van der Waals surface area contributed by atoms with E-state index in [2.05, 4.69) is 0 Å². The molecule has 1 aliphatic carbocycles. The lowest BCUT2D eigenvalue weighted by Crippen LogP contribution is -2.37. The Morgan fingerprint density at radius 1 is 1.28 bits per heavy atom. The predicted octanol–water partition coefficient (Wildman–Crippen LogP) is 3.13. The largest absolute Gasteiger partial charge is 0.380 e. The third-order valence-electron chi connectivity index (χ3n) is 4.17. The first-order chi connectivity index (χ1) is 8.72. The molecule has 100 valence electrons. The molecule has 0 aliphatic heterocycles. The van der Waals surface area contributed by atoms with Gasteiger partial charge < -0.3 is 10.5 Å². The molecule has 0 saturated heterocycles. The molecule has 0 radical (unpaired) electrons. The summed E-state index contributed by atoms with van der Waals surface area (Å²) in [6.07, 6.45) is 5.81. The van der Waals surface area contributed by atoms with Crippen molar-refractivity contribution in [3.63, 3.8) is 0 Å². The van der Waals surface area contributed by atoms with Crippen molar-refractivity contribution >= 4 is 0 Å². The zero-order valence-electron chi connectivity index (χ0n) is 11.0. The Labute approximate surface area is 108 Å². The molecule has 0 unspecified atom stereocenters. The lowest BCUT2D eigenvalue weighted by atomic mass is 9.69. The average molecular weight is 251 g/mol. The molecule has 1 aliphatic rings. The van der Waals surface area contributed by atoms with E-state index in [1.165, 1.54) is 19.3 Å². The summed E-state index contributed by atoms with van der Waals surface area (Å²) in [4.78, 5) is 0. The summed E-state index contributed by atoms with van der Waals surface area (Å²) in [5, 5.41) is 0. The minimum Gasteiger partial charge on any atom is -0.380 e. The number of rotatable bonds is 4. The van der Waals surface area contributed by atoms with Gasteiger partial charge in [0, 0.05) is 24.6 Å². The van der Waals surface area contributed by atoms with Gasteiger partial charge in [-0.05, 0) is 24.5 Å². The average Bonchev–Trinajstić information content (AvgIpc) is 2.42. The highest BCUT2D eigenvalue weighted by atomic mass is 19.1. The van der Waals surface area contributed by atoms with Crippen LogP contribution in [0.1, 0.15) is 43.2 Å². The molecule has 2 nitrogen and oxygen atoms in total.